The molecule has 0 heterocycles. The van der Waals surface area contributed by atoms with Crippen LogP contribution in [0.15, 0.2) is 5.16 Å². The molecule has 0 amide bonds. The smallest absolute Gasteiger partial charge is 0.390 e. The third kappa shape index (κ3) is 6.49. The van der Waals surface area contributed by atoms with Gasteiger partial charge < -0.3 is 15.8 Å². The molecule has 0 bridgehead atoms. The number of hydrogen-bond donors (Lipinski definition) is 2. The second-order valence-electron chi connectivity index (χ2n) is 3.70. The second kappa shape index (κ2) is 6.57. The van der Waals surface area contributed by atoms with Crippen LogP contribution in [0.25, 0.3) is 0 Å². The molecule has 1 unspecified atom stereocenters. The van der Waals surface area contributed by atoms with Crippen molar-refractivity contribution in [3.05, 3.63) is 0 Å². The van der Waals surface area contributed by atoms with Crippen molar-refractivity contribution in [1.29, 1.82) is 0 Å². The molecule has 0 saturated carbocycles. The lowest BCUT2D eigenvalue weighted by atomic mass is 10.1. The Morgan fingerprint density at radius 1 is 1.50 bits per heavy atom. The summed E-state index contributed by atoms with van der Waals surface area (Å²) >= 11 is 0. The Balaban J connectivity index is 4.16. The van der Waals surface area contributed by atoms with Gasteiger partial charge in [0.1, 0.15) is 5.84 Å². The Labute approximate surface area is 92.9 Å². The summed E-state index contributed by atoms with van der Waals surface area (Å²) in [5.41, 5.74) is 5.32. The number of oxime groups is 1. The van der Waals surface area contributed by atoms with Gasteiger partial charge in [-0.05, 0) is 13.5 Å². The van der Waals surface area contributed by atoms with E-state index in [-0.39, 0.29) is 24.8 Å². The lowest BCUT2D eigenvalue weighted by Crippen LogP contribution is -2.37. The zero-order valence-electron chi connectivity index (χ0n) is 9.46. The van der Waals surface area contributed by atoms with Gasteiger partial charge in [0.2, 0.25) is 0 Å². The number of alkyl halides is 3. The summed E-state index contributed by atoms with van der Waals surface area (Å²) in [6, 6.07) is -0.141. The van der Waals surface area contributed by atoms with Crippen molar-refractivity contribution in [3.8, 4) is 0 Å². The summed E-state index contributed by atoms with van der Waals surface area (Å²) in [6.07, 6.45) is -4.09. The summed E-state index contributed by atoms with van der Waals surface area (Å²) in [5, 5.41) is 11.2. The molecule has 0 spiro atoms. The first-order valence-electron chi connectivity index (χ1n) is 5.03. The molecule has 3 N–H and O–H groups in total. The molecule has 0 saturated heterocycles. The highest BCUT2D eigenvalue weighted by atomic mass is 19.4. The number of amidine groups is 1. The SMILES string of the molecule is CCC(CC(N)=NO)N(C)CCC(F)(F)F. The Bertz CT molecular complexity index is 231. The Kier molecular flexibility index (Phi) is 6.17. The van der Waals surface area contributed by atoms with Crippen molar-refractivity contribution in [2.24, 2.45) is 10.9 Å². The maximum Gasteiger partial charge on any atom is 0.390 e. The molecule has 0 aromatic carbocycles. The predicted octanol–water partition coefficient (Wildman–Crippen LogP) is 1.79. The van der Waals surface area contributed by atoms with Crippen LogP contribution in [-0.2, 0) is 0 Å². The molecule has 0 aromatic heterocycles. The lowest BCUT2D eigenvalue weighted by Gasteiger charge is -2.26. The number of halogens is 3. The van der Waals surface area contributed by atoms with E-state index in [1.807, 2.05) is 6.92 Å². The average Bonchev–Trinajstić information content (AvgIpc) is 2.21. The zero-order valence-corrected chi connectivity index (χ0v) is 9.46. The Hall–Kier alpha value is -0.980. The van der Waals surface area contributed by atoms with Gasteiger partial charge in [0, 0.05) is 19.0 Å². The number of rotatable bonds is 6. The molecule has 96 valence electrons. The fourth-order valence-electron chi connectivity index (χ4n) is 1.38. The van der Waals surface area contributed by atoms with Crippen LogP contribution in [0.2, 0.25) is 0 Å². The van der Waals surface area contributed by atoms with Gasteiger partial charge >= 0.3 is 6.18 Å². The molecular weight excluding hydrogens is 223 g/mol. The highest BCUT2D eigenvalue weighted by Gasteiger charge is 2.28. The van der Waals surface area contributed by atoms with Crippen molar-refractivity contribution in [3.63, 3.8) is 0 Å². The highest BCUT2D eigenvalue weighted by molar-refractivity contribution is 5.80. The van der Waals surface area contributed by atoms with Crippen LogP contribution >= 0.6 is 0 Å². The molecule has 0 rings (SSSR count). The first kappa shape index (κ1) is 15.0. The summed E-state index contributed by atoms with van der Waals surface area (Å²) < 4.78 is 36.0. The van der Waals surface area contributed by atoms with Crippen molar-refractivity contribution < 1.29 is 18.4 Å². The van der Waals surface area contributed by atoms with Crippen LogP contribution in [0.3, 0.4) is 0 Å². The molecule has 0 aliphatic heterocycles. The quantitative estimate of drug-likeness (QED) is 0.322. The zero-order chi connectivity index (χ0) is 12.8. The first-order chi connectivity index (χ1) is 7.30. The van der Waals surface area contributed by atoms with E-state index in [0.29, 0.717) is 6.42 Å². The van der Waals surface area contributed by atoms with Crippen molar-refractivity contribution >= 4 is 5.84 Å². The van der Waals surface area contributed by atoms with Crippen molar-refractivity contribution in [2.45, 2.75) is 38.4 Å². The molecule has 4 nitrogen and oxygen atoms in total. The molecule has 0 fully saturated rings. The fourth-order valence-corrected chi connectivity index (χ4v) is 1.38. The van der Waals surface area contributed by atoms with Gasteiger partial charge in [-0.25, -0.2) is 0 Å². The third-order valence-corrected chi connectivity index (χ3v) is 2.42. The summed E-state index contributed by atoms with van der Waals surface area (Å²) in [4.78, 5) is 1.57. The maximum atomic E-state index is 12.0. The van der Waals surface area contributed by atoms with Gasteiger partial charge in [-0.1, -0.05) is 12.1 Å². The summed E-state index contributed by atoms with van der Waals surface area (Å²) in [6.45, 7) is 1.76. The topological polar surface area (TPSA) is 61.9 Å². The summed E-state index contributed by atoms with van der Waals surface area (Å²) in [7, 11) is 1.60. The van der Waals surface area contributed by atoms with E-state index in [4.69, 9.17) is 10.9 Å². The van der Waals surface area contributed by atoms with Gasteiger partial charge in [-0.15, -0.1) is 0 Å². The molecular formula is C9H18F3N3O. The summed E-state index contributed by atoms with van der Waals surface area (Å²) in [5.74, 6) is 0.0331. The van der Waals surface area contributed by atoms with Crippen molar-refractivity contribution in [2.75, 3.05) is 13.6 Å². The van der Waals surface area contributed by atoms with Gasteiger partial charge in [0.25, 0.3) is 0 Å². The van der Waals surface area contributed by atoms with Crippen LogP contribution in [0, 0.1) is 0 Å². The largest absolute Gasteiger partial charge is 0.409 e. The van der Waals surface area contributed by atoms with Crippen LogP contribution in [0.1, 0.15) is 26.2 Å². The first-order valence-corrected chi connectivity index (χ1v) is 5.03. The number of hydrogen-bond acceptors (Lipinski definition) is 3. The second-order valence-corrected chi connectivity index (χ2v) is 3.70. The van der Waals surface area contributed by atoms with E-state index in [1.54, 1.807) is 11.9 Å². The monoisotopic (exact) mass is 241 g/mol. The van der Waals surface area contributed by atoms with Gasteiger partial charge in [-0.2, -0.15) is 13.2 Å². The van der Waals surface area contributed by atoms with Gasteiger partial charge in [-0.3, -0.25) is 0 Å². The van der Waals surface area contributed by atoms with E-state index >= 15 is 0 Å². The standard InChI is InChI=1S/C9H18F3N3O/c1-3-7(6-8(13)14-16)15(2)5-4-9(10,11)12/h7,16H,3-6H2,1-2H3,(H2,13,14). The van der Waals surface area contributed by atoms with Gasteiger partial charge in [0.05, 0.1) is 6.42 Å². The minimum absolute atomic E-state index is 0.0331. The van der Waals surface area contributed by atoms with Crippen LogP contribution in [-0.4, -0.2) is 41.8 Å². The Morgan fingerprint density at radius 3 is 2.44 bits per heavy atom. The van der Waals surface area contributed by atoms with Crippen molar-refractivity contribution in [1.82, 2.24) is 4.90 Å². The van der Waals surface area contributed by atoms with Gasteiger partial charge in [0.15, 0.2) is 0 Å². The minimum atomic E-state index is -4.15. The van der Waals surface area contributed by atoms with E-state index in [9.17, 15) is 13.2 Å². The van der Waals surface area contributed by atoms with Crippen LogP contribution in [0.5, 0.6) is 0 Å². The van der Waals surface area contributed by atoms with E-state index in [0.717, 1.165) is 0 Å². The predicted molar refractivity (Wildman–Crippen MR) is 55.4 cm³/mol. The normalized spacial score (nSPS) is 15.5. The molecule has 7 heteroatoms. The van der Waals surface area contributed by atoms with Crippen LogP contribution in [0.4, 0.5) is 13.2 Å². The fraction of sp³-hybridized carbons (Fsp3) is 0.889. The lowest BCUT2D eigenvalue weighted by molar-refractivity contribution is -0.138. The molecule has 0 aromatic rings. The number of nitrogens with two attached hydrogens (primary N) is 1. The number of nitrogens with zero attached hydrogens (tertiary/aromatic N) is 2. The highest BCUT2D eigenvalue weighted by Crippen LogP contribution is 2.20. The van der Waals surface area contributed by atoms with E-state index < -0.39 is 12.6 Å². The minimum Gasteiger partial charge on any atom is -0.409 e. The molecule has 0 aliphatic carbocycles. The average molecular weight is 241 g/mol. The Morgan fingerprint density at radius 2 is 2.06 bits per heavy atom. The van der Waals surface area contributed by atoms with Crippen LogP contribution < -0.4 is 5.73 Å². The maximum absolute atomic E-state index is 12.0. The van der Waals surface area contributed by atoms with E-state index in [1.165, 1.54) is 0 Å². The third-order valence-electron chi connectivity index (χ3n) is 2.42. The molecule has 0 aliphatic rings. The molecule has 16 heavy (non-hydrogen) atoms. The van der Waals surface area contributed by atoms with E-state index in [2.05, 4.69) is 5.16 Å². The molecule has 1 atom stereocenters. The molecule has 0 radical (unpaired) electrons.